The first-order chi connectivity index (χ1) is 13.2. The molecule has 4 heterocycles. The Morgan fingerprint density at radius 3 is 2.74 bits per heavy atom. The number of aromatic nitrogens is 5. The van der Waals surface area contributed by atoms with Gasteiger partial charge in [0.25, 0.3) is 0 Å². The summed E-state index contributed by atoms with van der Waals surface area (Å²) in [6, 6.07) is 10.4. The number of pyridine rings is 2. The van der Waals surface area contributed by atoms with E-state index in [-0.39, 0.29) is 0 Å². The Bertz CT molecular complexity index is 1290. The lowest BCUT2D eigenvalue weighted by Crippen LogP contribution is -1.97. The van der Waals surface area contributed by atoms with E-state index in [1.807, 2.05) is 18.5 Å². The maximum atomic E-state index is 4.90. The highest BCUT2D eigenvalue weighted by molar-refractivity contribution is 6.12. The molecule has 0 bridgehead atoms. The molecule has 6 nitrogen and oxygen atoms in total. The fourth-order valence-corrected chi connectivity index (χ4v) is 3.35. The smallest absolute Gasteiger partial charge is 0.139 e. The summed E-state index contributed by atoms with van der Waals surface area (Å²) in [5.74, 6) is 1.26. The molecule has 1 N–H and O–H groups in total. The number of rotatable bonds is 3. The second kappa shape index (κ2) is 6.02. The van der Waals surface area contributed by atoms with E-state index in [1.165, 1.54) is 5.56 Å². The molecular formula is C21H18N6. The number of hydrogen-bond acceptors (Lipinski definition) is 5. The van der Waals surface area contributed by atoms with Crippen molar-refractivity contribution in [3.05, 3.63) is 66.9 Å². The molecule has 0 fully saturated rings. The zero-order valence-electron chi connectivity index (χ0n) is 15.1. The number of nitrogens with zero attached hydrogens (tertiary/aromatic N) is 5. The van der Waals surface area contributed by atoms with Crippen molar-refractivity contribution < 1.29 is 0 Å². The van der Waals surface area contributed by atoms with E-state index in [4.69, 9.17) is 4.98 Å². The predicted molar refractivity (Wildman–Crippen MR) is 107 cm³/mol. The standard InChI is InChI=1S/C21H18N6/c1-13(2)14-4-3-5-15(10-14)24-21-16-6-7-22-11-17(16)19-20(25-21)18-12-23-8-9-27(18)26-19/h3-13H,1-2H3,(H,24,25). The summed E-state index contributed by atoms with van der Waals surface area (Å²) in [7, 11) is 0. The van der Waals surface area contributed by atoms with Gasteiger partial charge in [-0.2, -0.15) is 5.10 Å². The Labute approximate surface area is 155 Å². The lowest BCUT2D eigenvalue weighted by Gasteiger charge is -2.12. The molecule has 4 aromatic heterocycles. The summed E-state index contributed by atoms with van der Waals surface area (Å²) >= 11 is 0. The van der Waals surface area contributed by atoms with E-state index in [0.717, 1.165) is 38.8 Å². The first kappa shape index (κ1) is 15.7. The van der Waals surface area contributed by atoms with Gasteiger partial charge in [-0.15, -0.1) is 0 Å². The minimum absolute atomic E-state index is 0.467. The van der Waals surface area contributed by atoms with E-state index in [0.29, 0.717) is 5.92 Å². The number of hydrogen-bond donors (Lipinski definition) is 1. The van der Waals surface area contributed by atoms with Crippen LogP contribution in [0, 0.1) is 0 Å². The van der Waals surface area contributed by atoms with E-state index in [9.17, 15) is 0 Å². The van der Waals surface area contributed by atoms with Gasteiger partial charge in [0.15, 0.2) is 0 Å². The number of benzene rings is 1. The van der Waals surface area contributed by atoms with Crippen LogP contribution in [-0.4, -0.2) is 24.6 Å². The zero-order chi connectivity index (χ0) is 18.4. The van der Waals surface area contributed by atoms with Gasteiger partial charge in [0.1, 0.15) is 22.4 Å². The van der Waals surface area contributed by atoms with Crippen LogP contribution in [0.3, 0.4) is 0 Å². The first-order valence-electron chi connectivity index (χ1n) is 8.93. The average molecular weight is 354 g/mol. The first-order valence-corrected chi connectivity index (χ1v) is 8.93. The van der Waals surface area contributed by atoms with Crippen LogP contribution in [0.2, 0.25) is 0 Å². The van der Waals surface area contributed by atoms with Gasteiger partial charge in [0.2, 0.25) is 0 Å². The van der Waals surface area contributed by atoms with Crippen molar-refractivity contribution in [2.45, 2.75) is 19.8 Å². The Balaban J connectivity index is 1.75. The summed E-state index contributed by atoms with van der Waals surface area (Å²) in [4.78, 5) is 13.4. The average Bonchev–Trinajstić information content (AvgIpc) is 3.07. The van der Waals surface area contributed by atoms with Gasteiger partial charge in [-0.3, -0.25) is 9.97 Å². The fourth-order valence-electron chi connectivity index (χ4n) is 3.35. The molecular weight excluding hydrogens is 336 g/mol. The molecule has 0 aliphatic heterocycles. The van der Waals surface area contributed by atoms with E-state index >= 15 is 0 Å². The molecule has 0 spiro atoms. The monoisotopic (exact) mass is 354 g/mol. The van der Waals surface area contributed by atoms with Crippen molar-refractivity contribution in [2.75, 3.05) is 5.32 Å². The van der Waals surface area contributed by atoms with Gasteiger partial charge in [-0.1, -0.05) is 26.0 Å². The van der Waals surface area contributed by atoms with E-state index in [1.54, 1.807) is 23.1 Å². The summed E-state index contributed by atoms with van der Waals surface area (Å²) in [6.07, 6.45) is 8.96. The molecule has 0 atom stereocenters. The molecule has 27 heavy (non-hydrogen) atoms. The minimum atomic E-state index is 0.467. The Morgan fingerprint density at radius 1 is 0.963 bits per heavy atom. The van der Waals surface area contributed by atoms with Crippen molar-refractivity contribution in [3.63, 3.8) is 0 Å². The fraction of sp³-hybridized carbons (Fsp3) is 0.143. The largest absolute Gasteiger partial charge is 0.340 e. The molecule has 0 saturated heterocycles. The van der Waals surface area contributed by atoms with Crippen LogP contribution in [0.4, 0.5) is 11.5 Å². The van der Waals surface area contributed by atoms with Gasteiger partial charge in [-0.25, -0.2) is 9.50 Å². The topological polar surface area (TPSA) is 68.0 Å². The summed E-state index contributed by atoms with van der Waals surface area (Å²) < 4.78 is 1.81. The molecule has 6 heteroatoms. The molecule has 0 aliphatic rings. The van der Waals surface area contributed by atoms with Gasteiger partial charge < -0.3 is 5.32 Å². The molecule has 1 aromatic carbocycles. The highest BCUT2D eigenvalue weighted by Crippen LogP contribution is 2.32. The van der Waals surface area contributed by atoms with Crippen LogP contribution in [0.15, 0.2) is 61.3 Å². The molecule has 5 rings (SSSR count). The molecule has 0 amide bonds. The third-order valence-corrected chi connectivity index (χ3v) is 4.78. The Hall–Kier alpha value is -3.54. The summed E-state index contributed by atoms with van der Waals surface area (Å²) in [6.45, 7) is 4.38. The highest BCUT2D eigenvalue weighted by Gasteiger charge is 2.14. The molecule has 0 saturated carbocycles. The predicted octanol–water partition coefficient (Wildman–Crippen LogP) is 4.69. The van der Waals surface area contributed by atoms with Crippen LogP contribution in [0.1, 0.15) is 25.3 Å². The third kappa shape index (κ3) is 2.57. The summed E-state index contributed by atoms with van der Waals surface area (Å²) in [5, 5.41) is 10.1. The quantitative estimate of drug-likeness (QED) is 0.509. The number of anilines is 2. The van der Waals surface area contributed by atoms with E-state index in [2.05, 4.69) is 58.5 Å². The third-order valence-electron chi connectivity index (χ3n) is 4.78. The molecule has 0 unspecified atom stereocenters. The molecule has 5 aromatic rings. The lowest BCUT2D eigenvalue weighted by atomic mass is 10.0. The van der Waals surface area contributed by atoms with E-state index < -0.39 is 0 Å². The van der Waals surface area contributed by atoms with Crippen molar-refractivity contribution in [2.24, 2.45) is 0 Å². The Kier molecular flexibility index (Phi) is 3.50. The van der Waals surface area contributed by atoms with Crippen LogP contribution >= 0.6 is 0 Å². The minimum Gasteiger partial charge on any atom is -0.340 e. The second-order valence-electron chi connectivity index (χ2n) is 6.89. The maximum Gasteiger partial charge on any atom is 0.139 e. The molecule has 132 valence electrons. The normalized spacial score (nSPS) is 11.7. The lowest BCUT2D eigenvalue weighted by molar-refractivity contribution is 0.867. The van der Waals surface area contributed by atoms with Gasteiger partial charge in [0, 0.05) is 41.2 Å². The van der Waals surface area contributed by atoms with Gasteiger partial charge in [0.05, 0.1) is 6.20 Å². The molecule has 0 radical (unpaired) electrons. The van der Waals surface area contributed by atoms with Crippen LogP contribution in [0.5, 0.6) is 0 Å². The van der Waals surface area contributed by atoms with Crippen LogP contribution < -0.4 is 5.32 Å². The van der Waals surface area contributed by atoms with Crippen molar-refractivity contribution >= 4 is 38.8 Å². The van der Waals surface area contributed by atoms with Crippen molar-refractivity contribution in [1.29, 1.82) is 0 Å². The van der Waals surface area contributed by atoms with Gasteiger partial charge >= 0.3 is 0 Å². The second-order valence-corrected chi connectivity index (χ2v) is 6.89. The zero-order valence-corrected chi connectivity index (χ0v) is 15.1. The SMILES string of the molecule is CC(C)c1cccc(Nc2nc3c(nn4ccncc34)c3cnccc23)c1. The number of nitrogens with one attached hydrogen (secondary N) is 1. The Morgan fingerprint density at radius 2 is 1.85 bits per heavy atom. The maximum absolute atomic E-state index is 4.90. The summed E-state index contributed by atoms with van der Waals surface area (Å²) in [5.41, 5.74) is 4.81. The van der Waals surface area contributed by atoms with Crippen molar-refractivity contribution in [1.82, 2.24) is 24.6 Å². The van der Waals surface area contributed by atoms with Crippen LogP contribution in [-0.2, 0) is 0 Å². The van der Waals surface area contributed by atoms with Crippen LogP contribution in [0.25, 0.3) is 27.3 Å². The number of fused-ring (bicyclic) bond motifs is 5. The molecule has 0 aliphatic carbocycles. The van der Waals surface area contributed by atoms with Crippen molar-refractivity contribution in [3.8, 4) is 0 Å². The van der Waals surface area contributed by atoms with Gasteiger partial charge in [-0.05, 0) is 29.7 Å². The highest BCUT2D eigenvalue weighted by atomic mass is 15.2.